The van der Waals surface area contributed by atoms with Crippen LogP contribution in [0.2, 0.25) is 0 Å². The first-order valence-electron chi connectivity index (χ1n) is 10.5. The lowest BCUT2D eigenvalue weighted by Gasteiger charge is -2.33. The van der Waals surface area contributed by atoms with Gasteiger partial charge >= 0.3 is 0 Å². The Hall–Kier alpha value is -3.55. The molecule has 2 aromatic heterocycles. The van der Waals surface area contributed by atoms with Crippen LogP contribution in [0.15, 0.2) is 55.2 Å². The summed E-state index contributed by atoms with van der Waals surface area (Å²) in [7, 11) is 0. The van der Waals surface area contributed by atoms with Gasteiger partial charge in [0.05, 0.1) is 18.1 Å². The molecule has 31 heavy (non-hydrogen) atoms. The molecule has 0 unspecified atom stereocenters. The molecule has 1 amide bonds. The Morgan fingerprint density at radius 2 is 1.81 bits per heavy atom. The summed E-state index contributed by atoms with van der Waals surface area (Å²) in [4.78, 5) is 31.9. The van der Waals surface area contributed by atoms with E-state index in [0.29, 0.717) is 30.5 Å². The van der Waals surface area contributed by atoms with Crippen molar-refractivity contribution in [1.29, 1.82) is 0 Å². The maximum absolute atomic E-state index is 12.8. The van der Waals surface area contributed by atoms with Crippen LogP contribution in [-0.4, -0.2) is 49.9 Å². The fourth-order valence-corrected chi connectivity index (χ4v) is 3.66. The van der Waals surface area contributed by atoms with Crippen LogP contribution in [-0.2, 0) is 4.79 Å². The maximum Gasteiger partial charge on any atom is 0.263 e. The molecule has 1 atom stereocenters. The first-order chi connectivity index (χ1) is 15.1. The summed E-state index contributed by atoms with van der Waals surface area (Å²) < 4.78 is 5.84. The summed E-state index contributed by atoms with van der Waals surface area (Å²) in [6, 6.07) is 7.75. The van der Waals surface area contributed by atoms with E-state index in [2.05, 4.69) is 20.3 Å². The molecule has 0 saturated carbocycles. The number of hydrogen-bond acceptors (Lipinski definition) is 7. The highest BCUT2D eigenvalue weighted by Crippen LogP contribution is 2.28. The number of anilines is 2. The van der Waals surface area contributed by atoms with E-state index in [4.69, 9.17) is 9.72 Å². The number of piperidine rings is 1. The summed E-state index contributed by atoms with van der Waals surface area (Å²) in [6.45, 7) is 5.18. The van der Waals surface area contributed by atoms with E-state index in [-0.39, 0.29) is 11.8 Å². The van der Waals surface area contributed by atoms with Crippen LogP contribution in [0.3, 0.4) is 0 Å². The second-order valence-electron chi connectivity index (χ2n) is 7.72. The number of nitrogens with zero attached hydrogens (tertiary/aromatic N) is 5. The van der Waals surface area contributed by atoms with Gasteiger partial charge in [-0.2, -0.15) is 0 Å². The molecular weight excluding hydrogens is 392 g/mol. The van der Waals surface area contributed by atoms with E-state index in [0.717, 1.165) is 24.1 Å². The Morgan fingerprint density at radius 3 is 2.52 bits per heavy atom. The number of aryl methyl sites for hydroxylation is 1. The van der Waals surface area contributed by atoms with Gasteiger partial charge in [-0.05, 0) is 38.8 Å². The first-order valence-corrected chi connectivity index (χ1v) is 10.5. The third-order valence-corrected chi connectivity index (χ3v) is 5.38. The molecule has 1 aliphatic rings. The van der Waals surface area contributed by atoms with Gasteiger partial charge in [-0.1, -0.05) is 17.7 Å². The average molecular weight is 419 g/mol. The van der Waals surface area contributed by atoms with Crippen molar-refractivity contribution in [2.24, 2.45) is 0 Å². The summed E-state index contributed by atoms with van der Waals surface area (Å²) in [6.07, 6.45) is 9.51. The molecule has 4 rings (SSSR count). The van der Waals surface area contributed by atoms with Gasteiger partial charge in [0.2, 0.25) is 0 Å². The van der Waals surface area contributed by atoms with Gasteiger partial charge in [0.1, 0.15) is 17.4 Å². The van der Waals surface area contributed by atoms with Crippen molar-refractivity contribution in [3.05, 3.63) is 66.5 Å². The minimum absolute atomic E-state index is 0.0168. The Kier molecular flexibility index (Phi) is 6.35. The summed E-state index contributed by atoms with van der Waals surface area (Å²) in [5.74, 6) is 2.24. The second-order valence-corrected chi connectivity index (χ2v) is 7.72. The van der Waals surface area contributed by atoms with Crippen LogP contribution in [0.4, 0.5) is 11.6 Å². The Labute approximate surface area is 181 Å². The molecular formula is C23H26N6O2. The third-order valence-electron chi connectivity index (χ3n) is 5.38. The number of carbonyl (C=O) groups is 1. The quantitative estimate of drug-likeness (QED) is 0.655. The van der Waals surface area contributed by atoms with Crippen LogP contribution >= 0.6 is 0 Å². The molecule has 8 heteroatoms. The highest BCUT2D eigenvalue weighted by molar-refractivity contribution is 5.81. The lowest BCUT2D eigenvalue weighted by atomic mass is 9.93. The van der Waals surface area contributed by atoms with E-state index < -0.39 is 6.10 Å². The smallest absolute Gasteiger partial charge is 0.263 e. The van der Waals surface area contributed by atoms with Crippen molar-refractivity contribution in [1.82, 2.24) is 24.8 Å². The van der Waals surface area contributed by atoms with Crippen molar-refractivity contribution in [3.8, 4) is 5.75 Å². The predicted octanol–water partition coefficient (Wildman–Crippen LogP) is 3.49. The Morgan fingerprint density at radius 1 is 1.06 bits per heavy atom. The molecule has 0 radical (unpaired) electrons. The minimum atomic E-state index is -0.515. The van der Waals surface area contributed by atoms with Crippen LogP contribution < -0.4 is 10.1 Å². The number of ether oxygens (including phenoxy) is 1. The molecule has 0 bridgehead atoms. The van der Waals surface area contributed by atoms with Crippen molar-refractivity contribution in [2.75, 3.05) is 18.4 Å². The molecule has 1 fully saturated rings. The summed E-state index contributed by atoms with van der Waals surface area (Å²) in [5, 5.41) is 3.12. The van der Waals surface area contributed by atoms with Gasteiger partial charge in [0.25, 0.3) is 5.91 Å². The van der Waals surface area contributed by atoms with E-state index in [1.165, 1.54) is 0 Å². The van der Waals surface area contributed by atoms with Crippen LogP contribution in [0.1, 0.15) is 36.9 Å². The van der Waals surface area contributed by atoms with Crippen molar-refractivity contribution < 1.29 is 9.53 Å². The maximum atomic E-state index is 12.8. The number of benzene rings is 1. The number of carbonyl (C=O) groups excluding carboxylic acids is 1. The number of likely N-dealkylation sites (tertiary alicyclic amines) is 1. The van der Waals surface area contributed by atoms with Gasteiger partial charge in [0.15, 0.2) is 6.10 Å². The van der Waals surface area contributed by atoms with Gasteiger partial charge in [-0.15, -0.1) is 0 Å². The van der Waals surface area contributed by atoms with Gasteiger partial charge in [-0.3, -0.25) is 14.8 Å². The molecule has 160 valence electrons. The predicted molar refractivity (Wildman–Crippen MR) is 117 cm³/mol. The molecule has 1 N–H and O–H groups in total. The van der Waals surface area contributed by atoms with Gasteiger partial charge in [0, 0.05) is 37.6 Å². The van der Waals surface area contributed by atoms with Crippen LogP contribution in [0.5, 0.6) is 5.75 Å². The SMILES string of the molecule is Cc1ccc(O[C@@H](C)C(=O)N2CCC(c3cncc(Nc4cnccn4)n3)CC2)cc1. The highest BCUT2D eigenvalue weighted by Gasteiger charge is 2.28. The molecule has 1 aromatic carbocycles. The second kappa shape index (κ2) is 9.51. The Balaban J connectivity index is 1.32. The zero-order valence-electron chi connectivity index (χ0n) is 17.7. The average Bonchev–Trinajstić information content (AvgIpc) is 2.81. The molecule has 1 aliphatic heterocycles. The molecule has 1 saturated heterocycles. The normalized spacial score (nSPS) is 15.4. The molecule has 3 aromatic rings. The fourth-order valence-electron chi connectivity index (χ4n) is 3.66. The zero-order valence-corrected chi connectivity index (χ0v) is 17.7. The number of amides is 1. The van der Waals surface area contributed by atoms with E-state index >= 15 is 0 Å². The molecule has 3 heterocycles. The van der Waals surface area contributed by atoms with E-state index in [9.17, 15) is 4.79 Å². The van der Waals surface area contributed by atoms with Gasteiger partial charge < -0.3 is 15.0 Å². The molecule has 0 aliphatic carbocycles. The van der Waals surface area contributed by atoms with Crippen molar-refractivity contribution >= 4 is 17.5 Å². The number of rotatable bonds is 6. The van der Waals surface area contributed by atoms with Crippen molar-refractivity contribution in [2.45, 2.75) is 38.7 Å². The zero-order chi connectivity index (χ0) is 21.6. The summed E-state index contributed by atoms with van der Waals surface area (Å²) in [5.41, 5.74) is 2.08. The number of aromatic nitrogens is 4. The third kappa shape index (κ3) is 5.33. The minimum Gasteiger partial charge on any atom is -0.481 e. The van der Waals surface area contributed by atoms with Gasteiger partial charge in [-0.25, -0.2) is 9.97 Å². The largest absolute Gasteiger partial charge is 0.481 e. The summed E-state index contributed by atoms with van der Waals surface area (Å²) >= 11 is 0. The lowest BCUT2D eigenvalue weighted by Crippen LogP contribution is -2.44. The molecule has 0 spiro atoms. The van der Waals surface area contributed by atoms with E-state index in [1.54, 1.807) is 37.9 Å². The number of nitrogens with one attached hydrogen (secondary N) is 1. The Bertz CT molecular complexity index is 1000. The highest BCUT2D eigenvalue weighted by atomic mass is 16.5. The van der Waals surface area contributed by atoms with Crippen LogP contribution in [0, 0.1) is 6.92 Å². The molecule has 8 nitrogen and oxygen atoms in total. The van der Waals surface area contributed by atoms with Crippen LogP contribution in [0.25, 0.3) is 0 Å². The van der Waals surface area contributed by atoms with Crippen molar-refractivity contribution in [3.63, 3.8) is 0 Å². The monoisotopic (exact) mass is 418 g/mol. The number of hydrogen-bond donors (Lipinski definition) is 1. The van der Waals surface area contributed by atoms with E-state index in [1.807, 2.05) is 36.1 Å². The fraction of sp³-hybridized carbons (Fsp3) is 0.348. The first kappa shape index (κ1) is 20.7. The standard InChI is InChI=1S/C23H26N6O2/c1-16-3-5-19(6-4-16)31-17(2)23(30)29-11-7-18(8-12-29)20-13-25-15-22(27-20)28-21-14-24-9-10-26-21/h3-6,9-10,13-15,17-18H,7-8,11-12H2,1-2H3,(H,26,27,28)/t17-/m0/s1. The lowest BCUT2D eigenvalue weighted by molar-refractivity contribution is -0.139. The topological polar surface area (TPSA) is 93.1 Å².